The zero-order chi connectivity index (χ0) is 19.4. The van der Waals surface area contributed by atoms with E-state index in [4.69, 9.17) is 9.47 Å². The summed E-state index contributed by atoms with van der Waals surface area (Å²) in [6.45, 7) is 8.09. The van der Waals surface area contributed by atoms with Crippen LogP contribution in [-0.2, 0) is 4.79 Å². The minimum Gasteiger partial charge on any atom is -0.487 e. The monoisotopic (exact) mass is 367 g/mol. The molecule has 1 heterocycles. The fourth-order valence-corrected chi connectivity index (χ4v) is 3.59. The van der Waals surface area contributed by atoms with Crippen LogP contribution in [0.1, 0.15) is 57.2 Å². The summed E-state index contributed by atoms with van der Waals surface area (Å²) in [5.74, 6) is 1.45. The van der Waals surface area contributed by atoms with Gasteiger partial charge in [0.15, 0.2) is 6.10 Å². The van der Waals surface area contributed by atoms with Gasteiger partial charge >= 0.3 is 0 Å². The maximum atomic E-state index is 12.8. The smallest absolute Gasteiger partial charge is 0.261 e. The van der Waals surface area contributed by atoms with Gasteiger partial charge in [0.05, 0.1) is 6.04 Å². The van der Waals surface area contributed by atoms with Crippen LogP contribution < -0.4 is 14.8 Å². The number of ether oxygens (including phenoxy) is 2. The van der Waals surface area contributed by atoms with E-state index in [0.29, 0.717) is 5.75 Å². The third kappa shape index (κ3) is 4.26. The van der Waals surface area contributed by atoms with Gasteiger partial charge in [-0.15, -0.1) is 0 Å². The van der Waals surface area contributed by atoms with Crippen molar-refractivity contribution in [2.45, 2.75) is 64.7 Å². The van der Waals surface area contributed by atoms with E-state index >= 15 is 0 Å². The number of hydrogen-bond donors (Lipinski definition) is 1. The Morgan fingerprint density at radius 3 is 2.52 bits per heavy atom. The molecule has 0 spiro atoms. The van der Waals surface area contributed by atoms with E-state index < -0.39 is 6.10 Å². The molecule has 0 saturated heterocycles. The average molecular weight is 367 g/mol. The van der Waals surface area contributed by atoms with Gasteiger partial charge in [0.25, 0.3) is 5.91 Å². The molecule has 4 heteroatoms. The summed E-state index contributed by atoms with van der Waals surface area (Å²) in [6, 6.07) is 15.6. The molecule has 2 aromatic rings. The minimum absolute atomic E-state index is 0.0774. The van der Waals surface area contributed by atoms with Gasteiger partial charge < -0.3 is 14.8 Å². The standard InChI is InChI=1S/C23H29NO3/c1-5-23(6-2)15-20(19-9-7-8-10-21(19)27-23)24-22(25)17(4)26-18-13-11-16(3)12-14-18/h7-14,17,20H,5-6,15H2,1-4H3,(H,24,25)/t17-,20+/m0/s1. The van der Waals surface area contributed by atoms with Crippen LogP contribution >= 0.6 is 0 Å². The number of carbonyl (C=O) groups is 1. The second-order valence-corrected chi connectivity index (χ2v) is 7.37. The summed E-state index contributed by atoms with van der Waals surface area (Å²) in [6.07, 6.45) is 2.00. The first kappa shape index (κ1) is 19.3. The molecule has 0 aliphatic carbocycles. The van der Waals surface area contributed by atoms with Gasteiger partial charge in [-0.25, -0.2) is 0 Å². The molecule has 1 amide bonds. The molecule has 2 atom stereocenters. The molecule has 1 aliphatic rings. The number of aryl methyl sites for hydroxylation is 1. The second-order valence-electron chi connectivity index (χ2n) is 7.37. The van der Waals surface area contributed by atoms with E-state index in [9.17, 15) is 4.79 Å². The minimum atomic E-state index is -0.569. The Morgan fingerprint density at radius 1 is 1.19 bits per heavy atom. The van der Waals surface area contributed by atoms with Crippen LogP contribution in [-0.4, -0.2) is 17.6 Å². The zero-order valence-electron chi connectivity index (χ0n) is 16.6. The molecule has 0 fully saturated rings. The first-order valence-electron chi connectivity index (χ1n) is 9.78. The van der Waals surface area contributed by atoms with E-state index in [0.717, 1.165) is 36.1 Å². The Balaban J connectivity index is 1.74. The van der Waals surface area contributed by atoms with Crippen LogP contribution in [0, 0.1) is 6.92 Å². The van der Waals surface area contributed by atoms with Crippen molar-refractivity contribution in [2.75, 3.05) is 0 Å². The lowest BCUT2D eigenvalue weighted by Gasteiger charge is -2.41. The third-order valence-corrected chi connectivity index (χ3v) is 5.51. The summed E-state index contributed by atoms with van der Waals surface area (Å²) in [4.78, 5) is 12.8. The summed E-state index contributed by atoms with van der Waals surface area (Å²) >= 11 is 0. The molecule has 1 N–H and O–H groups in total. The van der Waals surface area contributed by atoms with Crippen LogP contribution in [0.2, 0.25) is 0 Å². The Morgan fingerprint density at radius 2 is 1.85 bits per heavy atom. The maximum Gasteiger partial charge on any atom is 0.261 e. The van der Waals surface area contributed by atoms with Gasteiger partial charge in [-0.1, -0.05) is 49.7 Å². The SMILES string of the molecule is CCC1(CC)C[C@@H](NC(=O)[C@H](C)Oc2ccc(C)cc2)c2ccccc2O1. The predicted molar refractivity (Wildman–Crippen MR) is 107 cm³/mol. The quantitative estimate of drug-likeness (QED) is 0.785. The van der Waals surface area contributed by atoms with Crippen molar-refractivity contribution in [3.8, 4) is 11.5 Å². The van der Waals surface area contributed by atoms with Gasteiger partial charge in [0.2, 0.25) is 0 Å². The molecule has 3 rings (SSSR count). The summed E-state index contributed by atoms with van der Waals surface area (Å²) in [7, 11) is 0. The number of rotatable bonds is 6. The molecule has 0 aromatic heterocycles. The first-order chi connectivity index (χ1) is 13.0. The van der Waals surface area contributed by atoms with Crippen LogP contribution in [0.25, 0.3) is 0 Å². The number of carbonyl (C=O) groups excluding carboxylic acids is 1. The molecule has 4 nitrogen and oxygen atoms in total. The van der Waals surface area contributed by atoms with Crippen LogP contribution in [0.5, 0.6) is 11.5 Å². The maximum absolute atomic E-state index is 12.8. The summed E-state index contributed by atoms with van der Waals surface area (Å²) < 4.78 is 12.1. The van der Waals surface area contributed by atoms with Gasteiger partial charge in [-0.05, 0) is 44.9 Å². The lowest BCUT2D eigenvalue weighted by molar-refractivity contribution is -0.128. The van der Waals surface area contributed by atoms with Crippen molar-refractivity contribution in [2.24, 2.45) is 0 Å². The number of para-hydroxylation sites is 1. The van der Waals surface area contributed by atoms with Crippen LogP contribution in [0.4, 0.5) is 0 Å². The first-order valence-corrected chi connectivity index (χ1v) is 9.78. The molecule has 27 heavy (non-hydrogen) atoms. The van der Waals surface area contributed by atoms with Crippen molar-refractivity contribution in [3.63, 3.8) is 0 Å². The summed E-state index contributed by atoms with van der Waals surface area (Å²) in [5, 5.41) is 3.19. The van der Waals surface area contributed by atoms with E-state index in [2.05, 4.69) is 19.2 Å². The Labute approximate surface area is 161 Å². The van der Waals surface area contributed by atoms with Crippen molar-refractivity contribution in [3.05, 3.63) is 59.7 Å². The van der Waals surface area contributed by atoms with E-state index in [1.807, 2.05) is 55.5 Å². The Kier molecular flexibility index (Phi) is 5.73. The van der Waals surface area contributed by atoms with Gasteiger partial charge in [0, 0.05) is 12.0 Å². The largest absolute Gasteiger partial charge is 0.487 e. The molecule has 0 bridgehead atoms. The molecule has 0 radical (unpaired) electrons. The van der Waals surface area contributed by atoms with E-state index in [1.54, 1.807) is 6.92 Å². The highest BCUT2D eigenvalue weighted by Gasteiger charge is 2.39. The van der Waals surface area contributed by atoms with Crippen molar-refractivity contribution in [1.82, 2.24) is 5.32 Å². The highest BCUT2D eigenvalue weighted by atomic mass is 16.5. The number of benzene rings is 2. The molecule has 144 valence electrons. The molecule has 1 aliphatic heterocycles. The number of amides is 1. The predicted octanol–water partition coefficient (Wildman–Crippen LogP) is 4.96. The van der Waals surface area contributed by atoms with Gasteiger partial charge in [0.1, 0.15) is 17.1 Å². The van der Waals surface area contributed by atoms with E-state index in [-0.39, 0.29) is 17.6 Å². The number of nitrogens with one attached hydrogen (secondary N) is 1. The molecular weight excluding hydrogens is 338 g/mol. The highest BCUT2D eigenvalue weighted by Crippen LogP contribution is 2.42. The number of fused-ring (bicyclic) bond motifs is 1. The second kappa shape index (κ2) is 8.03. The highest BCUT2D eigenvalue weighted by molar-refractivity contribution is 5.81. The lowest BCUT2D eigenvalue weighted by atomic mass is 9.83. The Hall–Kier alpha value is -2.49. The van der Waals surface area contributed by atoms with Crippen molar-refractivity contribution in [1.29, 1.82) is 0 Å². The fraction of sp³-hybridized carbons (Fsp3) is 0.435. The number of hydrogen-bond acceptors (Lipinski definition) is 3. The van der Waals surface area contributed by atoms with E-state index in [1.165, 1.54) is 0 Å². The van der Waals surface area contributed by atoms with Crippen molar-refractivity contribution >= 4 is 5.91 Å². The van der Waals surface area contributed by atoms with Gasteiger partial charge in [-0.2, -0.15) is 0 Å². The van der Waals surface area contributed by atoms with Crippen LogP contribution in [0.3, 0.4) is 0 Å². The topological polar surface area (TPSA) is 47.6 Å². The molecule has 0 saturated carbocycles. The van der Waals surface area contributed by atoms with Gasteiger partial charge in [-0.3, -0.25) is 4.79 Å². The lowest BCUT2D eigenvalue weighted by Crippen LogP contribution is -2.46. The summed E-state index contributed by atoms with van der Waals surface area (Å²) in [5.41, 5.74) is 1.95. The molecular formula is C23H29NO3. The molecule has 0 unspecified atom stereocenters. The molecule has 2 aromatic carbocycles. The zero-order valence-corrected chi connectivity index (χ0v) is 16.6. The Bertz CT molecular complexity index is 780. The average Bonchev–Trinajstić information content (AvgIpc) is 2.69. The fourth-order valence-electron chi connectivity index (χ4n) is 3.59. The third-order valence-electron chi connectivity index (χ3n) is 5.51. The van der Waals surface area contributed by atoms with Crippen molar-refractivity contribution < 1.29 is 14.3 Å². The van der Waals surface area contributed by atoms with Crippen LogP contribution in [0.15, 0.2) is 48.5 Å². The normalized spacial score (nSPS) is 18.7.